The van der Waals surface area contributed by atoms with Gasteiger partial charge in [0.25, 0.3) is 0 Å². The van der Waals surface area contributed by atoms with Crippen molar-refractivity contribution in [2.45, 2.75) is 39.2 Å². The van der Waals surface area contributed by atoms with E-state index < -0.39 is 0 Å². The van der Waals surface area contributed by atoms with Gasteiger partial charge in [0, 0.05) is 36.1 Å². The van der Waals surface area contributed by atoms with E-state index in [1.54, 1.807) is 0 Å². The van der Waals surface area contributed by atoms with Crippen molar-refractivity contribution in [3.63, 3.8) is 0 Å². The van der Waals surface area contributed by atoms with Crippen LogP contribution < -0.4 is 10.6 Å². The molecule has 1 aromatic carbocycles. The van der Waals surface area contributed by atoms with Crippen LogP contribution in [0.3, 0.4) is 0 Å². The summed E-state index contributed by atoms with van der Waals surface area (Å²) in [5, 5.41) is 7.69. The molecule has 0 saturated carbocycles. The lowest BCUT2D eigenvalue weighted by molar-refractivity contribution is 0.459. The summed E-state index contributed by atoms with van der Waals surface area (Å²) in [6.45, 7) is 11.8. The summed E-state index contributed by atoms with van der Waals surface area (Å²) in [7, 11) is 0. The maximum Gasteiger partial charge on any atom is 0.0406 e. The van der Waals surface area contributed by atoms with Gasteiger partial charge in [0.15, 0.2) is 0 Å². The van der Waals surface area contributed by atoms with E-state index in [-0.39, 0.29) is 5.41 Å². The summed E-state index contributed by atoms with van der Waals surface area (Å²) in [5.74, 6) is 0. The monoisotopic (exact) mass is 268 g/mol. The molecule has 0 bridgehead atoms. The van der Waals surface area contributed by atoms with Gasteiger partial charge in [0.2, 0.25) is 0 Å². The second-order valence-corrected chi connectivity index (χ2v) is 6.11. The molecule has 102 valence electrons. The second kappa shape index (κ2) is 7.13. The third-order valence-corrected chi connectivity index (χ3v) is 3.30. The molecule has 0 spiro atoms. The van der Waals surface area contributed by atoms with Crippen LogP contribution in [0.15, 0.2) is 24.3 Å². The third-order valence-electron chi connectivity index (χ3n) is 3.05. The highest BCUT2D eigenvalue weighted by atomic mass is 35.5. The molecule has 0 unspecified atom stereocenters. The van der Waals surface area contributed by atoms with Crippen molar-refractivity contribution in [2.75, 3.05) is 19.6 Å². The highest BCUT2D eigenvalue weighted by Crippen LogP contribution is 2.23. The smallest absolute Gasteiger partial charge is 0.0406 e. The lowest BCUT2D eigenvalue weighted by Crippen LogP contribution is -2.38. The molecule has 1 aromatic rings. The lowest BCUT2D eigenvalue weighted by atomic mass is 9.84. The van der Waals surface area contributed by atoms with Crippen molar-refractivity contribution in [3.05, 3.63) is 34.9 Å². The van der Waals surface area contributed by atoms with Crippen LogP contribution in [0.1, 0.15) is 33.3 Å². The Balaban J connectivity index is 2.37. The number of hydrogen-bond acceptors (Lipinski definition) is 2. The fourth-order valence-electron chi connectivity index (χ4n) is 1.85. The minimum Gasteiger partial charge on any atom is -0.315 e. The zero-order valence-electron chi connectivity index (χ0n) is 11.9. The van der Waals surface area contributed by atoms with Gasteiger partial charge in [-0.3, -0.25) is 0 Å². The molecule has 0 fully saturated rings. The Morgan fingerprint density at radius 3 is 2.28 bits per heavy atom. The Labute approximate surface area is 116 Å². The SMILES string of the molecule is CC(C)NCCNCC(C)(C)c1ccc(Cl)cc1. The summed E-state index contributed by atoms with van der Waals surface area (Å²) in [4.78, 5) is 0. The largest absolute Gasteiger partial charge is 0.315 e. The fourth-order valence-corrected chi connectivity index (χ4v) is 1.98. The summed E-state index contributed by atoms with van der Waals surface area (Å²) in [5.41, 5.74) is 1.44. The molecule has 0 aromatic heterocycles. The average molecular weight is 269 g/mol. The number of nitrogens with one attached hydrogen (secondary N) is 2. The van der Waals surface area contributed by atoms with Crippen LogP contribution in [0.2, 0.25) is 5.02 Å². The van der Waals surface area contributed by atoms with Gasteiger partial charge < -0.3 is 10.6 Å². The van der Waals surface area contributed by atoms with Crippen LogP contribution in [-0.4, -0.2) is 25.7 Å². The standard InChI is InChI=1S/C15H25ClN2/c1-12(2)18-10-9-17-11-15(3,4)13-5-7-14(16)8-6-13/h5-8,12,17-18H,9-11H2,1-4H3. The fraction of sp³-hybridized carbons (Fsp3) is 0.600. The third kappa shape index (κ3) is 5.38. The zero-order chi connectivity index (χ0) is 13.6. The molecule has 18 heavy (non-hydrogen) atoms. The van der Waals surface area contributed by atoms with Crippen molar-refractivity contribution in [3.8, 4) is 0 Å². The summed E-state index contributed by atoms with van der Waals surface area (Å²) < 4.78 is 0. The molecule has 0 aliphatic heterocycles. The molecule has 0 radical (unpaired) electrons. The molecule has 0 amide bonds. The van der Waals surface area contributed by atoms with Gasteiger partial charge in [0.05, 0.1) is 0 Å². The van der Waals surface area contributed by atoms with Gasteiger partial charge in [-0.2, -0.15) is 0 Å². The number of rotatable bonds is 7. The first-order valence-corrected chi connectivity index (χ1v) is 7.00. The molecule has 1 rings (SSSR count). The summed E-state index contributed by atoms with van der Waals surface area (Å²) >= 11 is 5.91. The first kappa shape index (κ1) is 15.5. The predicted octanol–water partition coefficient (Wildman–Crippen LogP) is 3.21. The molecular weight excluding hydrogens is 244 g/mol. The lowest BCUT2D eigenvalue weighted by Gasteiger charge is -2.26. The first-order valence-electron chi connectivity index (χ1n) is 6.62. The summed E-state index contributed by atoms with van der Waals surface area (Å²) in [6, 6.07) is 8.68. The van der Waals surface area contributed by atoms with E-state index in [0.29, 0.717) is 6.04 Å². The van der Waals surface area contributed by atoms with E-state index in [1.807, 2.05) is 12.1 Å². The van der Waals surface area contributed by atoms with E-state index in [2.05, 4.69) is 50.5 Å². The first-order chi connectivity index (χ1) is 8.42. The molecule has 0 saturated heterocycles. The molecule has 0 aliphatic carbocycles. The molecular formula is C15H25ClN2. The minimum absolute atomic E-state index is 0.127. The topological polar surface area (TPSA) is 24.1 Å². The van der Waals surface area contributed by atoms with Gasteiger partial charge in [-0.15, -0.1) is 0 Å². The number of halogens is 1. The van der Waals surface area contributed by atoms with Crippen LogP contribution in [-0.2, 0) is 5.41 Å². The molecule has 2 nitrogen and oxygen atoms in total. The second-order valence-electron chi connectivity index (χ2n) is 5.68. The molecule has 3 heteroatoms. The van der Waals surface area contributed by atoms with Crippen LogP contribution >= 0.6 is 11.6 Å². The Bertz CT molecular complexity index is 344. The number of hydrogen-bond donors (Lipinski definition) is 2. The maximum absolute atomic E-state index is 5.91. The normalized spacial score (nSPS) is 12.1. The van der Waals surface area contributed by atoms with E-state index in [1.165, 1.54) is 5.56 Å². The quantitative estimate of drug-likeness (QED) is 0.742. The number of benzene rings is 1. The van der Waals surface area contributed by atoms with Gasteiger partial charge in [-0.1, -0.05) is 51.4 Å². The summed E-state index contributed by atoms with van der Waals surface area (Å²) in [6.07, 6.45) is 0. The van der Waals surface area contributed by atoms with Crippen LogP contribution in [0, 0.1) is 0 Å². The van der Waals surface area contributed by atoms with Crippen molar-refractivity contribution in [2.24, 2.45) is 0 Å². The molecule has 2 N–H and O–H groups in total. The van der Waals surface area contributed by atoms with Crippen molar-refractivity contribution in [1.29, 1.82) is 0 Å². The van der Waals surface area contributed by atoms with E-state index in [0.717, 1.165) is 24.7 Å². The molecule has 0 aliphatic rings. The maximum atomic E-state index is 5.91. The Hall–Kier alpha value is -0.570. The molecule has 0 heterocycles. The molecule has 0 atom stereocenters. The van der Waals surface area contributed by atoms with Gasteiger partial charge in [-0.25, -0.2) is 0 Å². The van der Waals surface area contributed by atoms with Gasteiger partial charge in [0.1, 0.15) is 0 Å². The van der Waals surface area contributed by atoms with E-state index in [4.69, 9.17) is 11.6 Å². The Morgan fingerprint density at radius 2 is 1.72 bits per heavy atom. The predicted molar refractivity (Wildman–Crippen MR) is 80.5 cm³/mol. The van der Waals surface area contributed by atoms with Gasteiger partial charge in [-0.05, 0) is 17.7 Å². The van der Waals surface area contributed by atoms with E-state index >= 15 is 0 Å². The van der Waals surface area contributed by atoms with Crippen molar-refractivity contribution < 1.29 is 0 Å². The highest BCUT2D eigenvalue weighted by molar-refractivity contribution is 6.30. The van der Waals surface area contributed by atoms with Crippen molar-refractivity contribution >= 4 is 11.6 Å². The Kier molecular flexibility index (Phi) is 6.13. The van der Waals surface area contributed by atoms with Crippen molar-refractivity contribution in [1.82, 2.24) is 10.6 Å². The van der Waals surface area contributed by atoms with Crippen LogP contribution in [0.4, 0.5) is 0 Å². The highest BCUT2D eigenvalue weighted by Gasteiger charge is 2.19. The van der Waals surface area contributed by atoms with E-state index in [9.17, 15) is 0 Å². The minimum atomic E-state index is 0.127. The van der Waals surface area contributed by atoms with Crippen LogP contribution in [0.5, 0.6) is 0 Å². The Morgan fingerprint density at radius 1 is 1.11 bits per heavy atom. The van der Waals surface area contributed by atoms with Crippen LogP contribution in [0.25, 0.3) is 0 Å². The zero-order valence-corrected chi connectivity index (χ0v) is 12.6. The van der Waals surface area contributed by atoms with Gasteiger partial charge >= 0.3 is 0 Å². The average Bonchev–Trinajstić information content (AvgIpc) is 2.28.